The summed E-state index contributed by atoms with van der Waals surface area (Å²) in [4.78, 5) is 0.190. The normalized spacial score (nSPS) is 23.8. The Morgan fingerprint density at radius 1 is 1.29 bits per heavy atom. The number of alkyl halides is 1. The van der Waals surface area contributed by atoms with Crippen molar-refractivity contribution in [2.75, 3.05) is 7.11 Å². The largest absolute Gasteiger partial charge is 0.496 e. The quantitative estimate of drug-likeness (QED) is 0.546. The van der Waals surface area contributed by atoms with Gasteiger partial charge in [0.25, 0.3) is 0 Å². The molecule has 3 heteroatoms. The first kappa shape index (κ1) is 16.8. The summed E-state index contributed by atoms with van der Waals surface area (Å²) in [5.74, 6) is 2.08. The molecular weight excluding hydrogens is 331 g/mol. The third kappa shape index (κ3) is 4.45. The molecule has 21 heavy (non-hydrogen) atoms. The van der Waals surface area contributed by atoms with Crippen LogP contribution in [-0.4, -0.2) is 7.11 Å². The number of unbranched alkanes of at least 4 members (excludes halogenated alkanes) is 1. The lowest BCUT2D eigenvalue weighted by atomic mass is 9.77. The highest BCUT2D eigenvalue weighted by Crippen LogP contribution is 2.45. The van der Waals surface area contributed by atoms with Crippen LogP contribution in [0.1, 0.15) is 62.3 Å². The number of rotatable bonds is 6. The molecule has 2 rings (SSSR count). The predicted octanol–water partition coefficient (Wildman–Crippen LogP) is 6.27. The van der Waals surface area contributed by atoms with Crippen molar-refractivity contribution in [1.29, 1.82) is 0 Å². The van der Waals surface area contributed by atoms with E-state index in [1.165, 1.54) is 51.0 Å². The first-order valence-corrected chi connectivity index (χ1v) is 9.04. The van der Waals surface area contributed by atoms with Crippen molar-refractivity contribution in [1.82, 2.24) is 0 Å². The van der Waals surface area contributed by atoms with Crippen LogP contribution in [0, 0.1) is 17.7 Å². The van der Waals surface area contributed by atoms with E-state index < -0.39 is 0 Å². The van der Waals surface area contributed by atoms with Crippen LogP contribution in [0.15, 0.2) is 18.2 Å². The van der Waals surface area contributed by atoms with Gasteiger partial charge in [-0.25, -0.2) is 4.39 Å². The Balaban J connectivity index is 1.98. The van der Waals surface area contributed by atoms with Crippen molar-refractivity contribution in [2.45, 2.75) is 56.7 Å². The van der Waals surface area contributed by atoms with Gasteiger partial charge in [0, 0.05) is 10.4 Å². The van der Waals surface area contributed by atoms with Crippen LogP contribution >= 0.6 is 15.9 Å². The number of hydrogen-bond donors (Lipinski definition) is 0. The first-order valence-electron chi connectivity index (χ1n) is 8.13. The van der Waals surface area contributed by atoms with Gasteiger partial charge in [-0.1, -0.05) is 55.0 Å². The van der Waals surface area contributed by atoms with Crippen LogP contribution in [0.5, 0.6) is 5.75 Å². The molecular formula is C18H26BrFO. The Labute approximate surface area is 136 Å². The van der Waals surface area contributed by atoms with E-state index in [0.29, 0.717) is 5.92 Å². The number of benzene rings is 1. The van der Waals surface area contributed by atoms with E-state index in [-0.39, 0.29) is 10.6 Å². The average molecular weight is 357 g/mol. The van der Waals surface area contributed by atoms with Gasteiger partial charge in [-0.2, -0.15) is 0 Å². The Bertz CT molecular complexity index is 441. The topological polar surface area (TPSA) is 9.23 Å². The van der Waals surface area contributed by atoms with E-state index in [1.807, 2.05) is 0 Å². The molecule has 0 bridgehead atoms. The van der Waals surface area contributed by atoms with E-state index >= 15 is 0 Å². The molecule has 0 aromatic heterocycles. The molecule has 0 saturated heterocycles. The Hall–Kier alpha value is -0.570. The van der Waals surface area contributed by atoms with Gasteiger partial charge in [0.2, 0.25) is 0 Å². The molecule has 1 aliphatic rings. The molecule has 118 valence electrons. The number of methoxy groups -OCH3 is 1. The summed E-state index contributed by atoms with van der Waals surface area (Å²) in [6.07, 6.45) is 9.09. The minimum absolute atomic E-state index is 0.188. The van der Waals surface area contributed by atoms with Crippen LogP contribution in [0.3, 0.4) is 0 Å². The highest BCUT2D eigenvalue weighted by molar-refractivity contribution is 9.09. The molecule has 0 N–H and O–H groups in total. The first-order chi connectivity index (χ1) is 10.2. The number of halogens is 2. The minimum atomic E-state index is -0.188. The van der Waals surface area contributed by atoms with Crippen molar-refractivity contribution in [3.63, 3.8) is 0 Å². The summed E-state index contributed by atoms with van der Waals surface area (Å²) in [5.41, 5.74) is 0.953. The highest BCUT2D eigenvalue weighted by Gasteiger charge is 2.28. The molecule has 0 radical (unpaired) electrons. The molecule has 1 nitrogen and oxygen atoms in total. The second-order valence-corrected chi connectivity index (χ2v) is 7.20. The van der Waals surface area contributed by atoms with Crippen molar-refractivity contribution >= 4 is 15.9 Å². The molecule has 1 fully saturated rings. The standard InChI is InChI=1S/C18H26BrFO/c1-3-4-5-13-6-8-14(9-7-13)18(19)16-12-15(20)10-11-17(16)21-2/h10-14,18H,3-9H2,1-2H3. The lowest BCUT2D eigenvalue weighted by molar-refractivity contribution is 0.256. The van der Waals surface area contributed by atoms with Crippen molar-refractivity contribution in [3.8, 4) is 5.75 Å². The molecule has 0 amide bonds. The van der Waals surface area contributed by atoms with Crippen LogP contribution in [0.2, 0.25) is 0 Å². The maximum atomic E-state index is 13.5. The van der Waals surface area contributed by atoms with E-state index in [0.717, 1.165) is 17.2 Å². The van der Waals surface area contributed by atoms with Gasteiger partial charge in [-0.15, -0.1) is 0 Å². The van der Waals surface area contributed by atoms with Crippen LogP contribution in [-0.2, 0) is 0 Å². The average Bonchev–Trinajstić information content (AvgIpc) is 2.52. The summed E-state index contributed by atoms with van der Waals surface area (Å²) >= 11 is 3.80. The predicted molar refractivity (Wildman–Crippen MR) is 89.6 cm³/mol. The van der Waals surface area contributed by atoms with E-state index in [1.54, 1.807) is 19.2 Å². The maximum Gasteiger partial charge on any atom is 0.123 e. The molecule has 1 aliphatic carbocycles. The lowest BCUT2D eigenvalue weighted by Crippen LogP contribution is -2.18. The molecule has 0 heterocycles. The third-order valence-electron chi connectivity index (χ3n) is 4.76. The monoisotopic (exact) mass is 356 g/mol. The summed E-state index contributed by atoms with van der Waals surface area (Å²) in [7, 11) is 1.65. The van der Waals surface area contributed by atoms with E-state index in [9.17, 15) is 4.39 Å². The molecule has 1 aromatic rings. The zero-order chi connectivity index (χ0) is 15.2. The summed E-state index contributed by atoms with van der Waals surface area (Å²) in [5, 5.41) is 0. The number of ether oxygens (including phenoxy) is 1. The highest BCUT2D eigenvalue weighted by atomic mass is 79.9. The van der Waals surface area contributed by atoms with Crippen molar-refractivity contribution in [2.24, 2.45) is 11.8 Å². The van der Waals surface area contributed by atoms with Crippen molar-refractivity contribution < 1.29 is 9.13 Å². The molecule has 1 unspecified atom stereocenters. The van der Waals surface area contributed by atoms with Gasteiger partial charge in [-0.3, -0.25) is 0 Å². The van der Waals surface area contributed by atoms with Gasteiger partial charge in [-0.05, 0) is 42.9 Å². The van der Waals surface area contributed by atoms with Crippen LogP contribution in [0.25, 0.3) is 0 Å². The van der Waals surface area contributed by atoms with Crippen molar-refractivity contribution in [3.05, 3.63) is 29.6 Å². The number of hydrogen-bond acceptors (Lipinski definition) is 1. The summed E-state index contributed by atoms with van der Waals surface area (Å²) in [6.45, 7) is 2.26. The molecule has 1 atom stereocenters. The maximum absolute atomic E-state index is 13.5. The molecule has 0 spiro atoms. The van der Waals surface area contributed by atoms with E-state index in [2.05, 4.69) is 22.9 Å². The van der Waals surface area contributed by atoms with E-state index in [4.69, 9.17) is 4.74 Å². The minimum Gasteiger partial charge on any atom is -0.496 e. The Morgan fingerprint density at radius 2 is 2.00 bits per heavy atom. The third-order valence-corrected chi connectivity index (χ3v) is 6.00. The lowest BCUT2D eigenvalue weighted by Gasteiger charge is -2.32. The fourth-order valence-corrected chi connectivity index (χ4v) is 4.32. The zero-order valence-corrected chi connectivity index (χ0v) is 14.7. The van der Waals surface area contributed by atoms with Gasteiger partial charge in [0.1, 0.15) is 11.6 Å². The van der Waals surface area contributed by atoms with Gasteiger partial charge < -0.3 is 4.74 Å². The SMILES string of the molecule is CCCCC1CCC(C(Br)c2cc(F)ccc2OC)CC1. The fourth-order valence-electron chi connectivity index (χ4n) is 3.44. The molecule has 1 aromatic carbocycles. The molecule has 1 saturated carbocycles. The molecule has 0 aliphatic heterocycles. The second-order valence-electron chi connectivity index (χ2n) is 6.21. The second kappa shape index (κ2) is 8.17. The summed E-state index contributed by atoms with van der Waals surface area (Å²) in [6, 6.07) is 4.80. The smallest absolute Gasteiger partial charge is 0.123 e. The van der Waals surface area contributed by atoms with Crippen LogP contribution in [0.4, 0.5) is 4.39 Å². The van der Waals surface area contributed by atoms with Gasteiger partial charge in [0.05, 0.1) is 7.11 Å². The zero-order valence-electron chi connectivity index (χ0n) is 13.1. The summed E-state index contributed by atoms with van der Waals surface area (Å²) < 4.78 is 18.9. The van der Waals surface area contributed by atoms with Gasteiger partial charge >= 0.3 is 0 Å². The van der Waals surface area contributed by atoms with Gasteiger partial charge in [0.15, 0.2) is 0 Å². The van der Waals surface area contributed by atoms with Crippen LogP contribution < -0.4 is 4.74 Å². The Kier molecular flexibility index (Phi) is 6.53. The fraction of sp³-hybridized carbons (Fsp3) is 0.667. The Morgan fingerprint density at radius 3 is 2.62 bits per heavy atom.